The van der Waals surface area contributed by atoms with Crippen molar-refractivity contribution in [3.05, 3.63) is 81.9 Å². The first-order chi connectivity index (χ1) is 12.4. The fourth-order valence-electron chi connectivity index (χ4n) is 2.60. The van der Waals surface area contributed by atoms with E-state index in [4.69, 9.17) is 23.2 Å². The molecule has 0 N–H and O–H groups in total. The van der Waals surface area contributed by atoms with E-state index in [9.17, 15) is 14.0 Å². The van der Waals surface area contributed by atoms with Crippen LogP contribution in [0.4, 0.5) is 4.39 Å². The monoisotopic (exact) mass is 392 g/mol. The Morgan fingerprint density at radius 1 is 0.885 bits per heavy atom. The van der Waals surface area contributed by atoms with E-state index >= 15 is 0 Å². The molecule has 0 saturated heterocycles. The summed E-state index contributed by atoms with van der Waals surface area (Å²) in [4.78, 5) is 28.1. The molecule has 3 rings (SSSR count). The number of hydrogen-bond acceptors (Lipinski definition) is 4. The molecule has 0 aliphatic carbocycles. The summed E-state index contributed by atoms with van der Waals surface area (Å²) in [6.07, 6.45) is 3.48. The van der Waals surface area contributed by atoms with Gasteiger partial charge >= 0.3 is 0 Å². The molecule has 0 spiro atoms. The van der Waals surface area contributed by atoms with Crippen LogP contribution in [0, 0.1) is 5.82 Å². The second kappa shape index (κ2) is 7.89. The lowest BCUT2D eigenvalue weighted by molar-refractivity contribution is 0.0920. The summed E-state index contributed by atoms with van der Waals surface area (Å²) in [6.45, 7) is 0.657. The molecular weight excluding hydrogens is 378 g/mol. The summed E-state index contributed by atoms with van der Waals surface area (Å²) < 4.78 is 13.2. The topological polar surface area (TPSA) is 40.6 Å². The highest BCUT2D eigenvalue weighted by Crippen LogP contribution is 2.23. The number of ketones is 2. The summed E-state index contributed by atoms with van der Waals surface area (Å²) >= 11 is 11.8. The Labute approximate surface area is 160 Å². The van der Waals surface area contributed by atoms with Gasteiger partial charge in [-0.05, 0) is 30.3 Å². The fourth-order valence-corrected chi connectivity index (χ4v) is 2.90. The van der Waals surface area contributed by atoms with Crippen LogP contribution in [-0.2, 0) is 0 Å². The zero-order valence-corrected chi connectivity index (χ0v) is 15.2. The van der Waals surface area contributed by atoms with Gasteiger partial charge in [-0.2, -0.15) is 0 Å². The molecule has 7 heteroatoms. The van der Waals surface area contributed by atoms with Crippen molar-refractivity contribution in [1.29, 1.82) is 0 Å². The summed E-state index contributed by atoms with van der Waals surface area (Å²) in [6, 6.07) is 10.3. The number of benzene rings is 2. The van der Waals surface area contributed by atoms with Gasteiger partial charge in [0.2, 0.25) is 0 Å². The summed E-state index contributed by atoms with van der Waals surface area (Å²) in [7, 11) is 0. The molecule has 0 atom stereocenters. The van der Waals surface area contributed by atoms with Gasteiger partial charge in [0.1, 0.15) is 5.82 Å². The fraction of sp³-hybridized carbons (Fsp3) is 0.158. The second-order valence-electron chi connectivity index (χ2n) is 5.92. The molecular formula is C19H15Cl2FN2O2. The first kappa shape index (κ1) is 18.4. The first-order valence-corrected chi connectivity index (χ1v) is 8.61. The van der Waals surface area contributed by atoms with Crippen molar-refractivity contribution >= 4 is 34.8 Å². The van der Waals surface area contributed by atoms with Gasteiger partial charge < -0.3 is 9.80 Å². The van der Waals surface area contributed by atoms with Crippen LogP contribution in [0.2, 0.25) is 10.0 Å². The zero-order valence-electron chi connectivity index (χ0n) is 13.7. The smallest absolute Gasteiger partial charge is 0.182 e. The Morgan fingerprint density at radius 3 is 2.08 bits per heavy atom. The minimum atomic E-state index is -0.443. The molecule has 0 aromatic heterocycles. The number of carbonyl (C=O) groups excluding carboxylic acids is 2. The Morgan fingerprint density at radius 2 is 1.50 bits per heavy atom. The van der Waals surface area contributed by atoms with Crippen LogP contribution in [0.15, 0.2) is 54.9 Å². The molecule has 0 fully saturated rings. The Kier molecular flexibility index (Phi) is 5.59. The quantitative estimate of drug-likeness (QED) is 0.689. The number of rotatable bonds is 6. The highest BCUT2D eigenvalue weighted by atomic mass is 35.5. The maximum absolute atomic E-state index is 13.2. The van der Waals surface area contributed by atoms with Gasteiger partial charge in [-0.3, -0.25) is 9.59 Å². The highest BCUT2D eigenvalue weighted by Gasteiger charge is 2.19. The molecule has 26 heavy (non-hydrogen) atoms. The van der Waals surface area contributed by atoms with Crippen LogP contribution in [0.5, 0.6) is 0 Å². The lowest BCUT2D eigenvalue weighted by Gasteiger charge is -2.20. The first-order valence-electron chi connectivity index (χ1n) is 7.86. The molecule has 134 valence electrons. The molecule has 1 heterocycles. The predicted octanol–water partition coefficient (Wildman–Crippen LogP) is 4.24. The van der Waals surface area contributed by atoms with Gasteiger partial charge in [0.05, 0.1) is 29.8 Å². The maximum atomic E-state index is 13.2. The second-order valence-corrected chi connectivity index (χ2v) is 6.73. The summed E-state index contributed by atoms with van der Waals surface area (Å²) in [5.74, 6) is -0.736. The van der Waals surface area contributed by atoms with Crippen LogP contribution in [0.3, 0.4) is 0 Å². The average Bonchev–Trinajstić information content (AvgIpc) is 3.04. The molecule has 0 bridgehead atoms. The van der Waals surface area contributed by atoms with Crippen LogP contribution in [0.1, 0.15) is 20.7 Å². The van der Waals surface area contributed by atoms with E-state index in [2.05, 4.69) is 0 Å². The third-order valence-electron chi connectivity index (χ3n) is 3.93. The van der Waals surface area contributed by atoms with E-state index in [1.807, 2.05) is 0 Å². The van der Waals surface area contributed by atoms with Gasteiger partial charge in [0.25, 0.3) is 0 Å². The Balaban J connectivity index is 1.55. The molecule has 1 aliphatic rings. The molecule has 2 aromatic rings. The van der Waals surface area contributed by atoms with E-state index in [1.165, 1.54) is 24.3 Å². The van der Waals surface area contributed by atoms with Gasteiger partial charge in [-0.15, -0.1) is 0 Å². The van der Waals surface area contributed by atoms with Crippen molar-refractivity contribution < 1.29 is 14.0 Å². The van der Waals surface area contributed by atoms with Gasteiger partial charge in [-0.1, -0.05) is 35.3 Å². The molecule has 0 amide bonds. The van der Waals surface area contributed by atoms with E-state index in [0.717, 1.165) is 0 Å². The largest absolute Gasteiger partial charge is 0.351 e. The van der Waals surface area contributed by atoms with Crippen LogP contribution < -0.4 is 0 Å². The lowest BCUT2D eigenvalue weighted by atomic mass is 10.1. The van der Waals surface area contributed by atoms with Crippen molar-refractivity contribution in [3.8, 4) is 0 Å². The van der Waals surface area contributed by atoms with E-state index in [1.54, 1.807) is 40.4 Å². The van der Waals surface area contributed by atoms with E-state index in [-0.39, 0.29) is 24.7 Å². The van der Waals surface area contributed by atoms with E-state index in [0.29, 0.717) is 27.8 Å². The number of carbonyl (C=O) groups is 2. The molecule has 0 radical (unpaired) electrons. The number of halogens is 3. The van der Waals surface area contributed by atoms with Crippen molar-refractivity contribution in [2.75, 3.05) is 19.8 Å². The predicted molar refractivity (Wildman–Crippen MR) is 98.9 cm³/mol. The molecule has 1 aliphatic heterocycles. The van der Waals surface area contributed by atoms with E-state index < -0.39 is 5.82 Å². The molecule has 2 aromatic carbocycles. The number of hydrogen-bond donors (Lipinski definition) is 0. The standard InChI is InChI=1S/C19H15Cl2FN2O2/c20-16-5-4-14(9-17(16)21)19(26)11-24-7-6-23(12-24)10-18(25)13-2-1-3-15(22)8-13/h1-9H,10-12H2. The lowest BCUT2D eigenvalue weighted by Crippen LogP contribution is -2.32. The van der Waals surface area contributed by atoms with Crippen molar-refractivity contribution in [1.82, 2.24) is 9.80 Å². The van der Waals surface area contributed by atoms with Crippen molar-refractivity contribution in [2.45, 2.75) is 0 Å². The maximum Gasteiger partial charge on any atom is 0.182 e. The third-order valence-corrected chi connectivity index (χ3v) is 4.67. The number of nitrogens with zero attached hydrogens (tertiary/aromatic N) is 2. The SMILES string of the molecule is O=C(CN1C=CN(CC(=O)c2ccc(Cl)c(Cl)c2)C1)c1cccc(F)c1. The summed E-state index contributed by atoms with van der Waals surface area (Å²) in [5, 5.41) is 0.725. The Bertz CT molecular complexity index is 886. The normalized spacial score (nSPS) is 13.3. The number of Topliss-reactive ketones (excluding diaryl/α,β-unsaturated/α-hetero) is 2. The van der Waals surface area contributed by atoms with Crippen molar-refractivity contribution in [3.63, 3.8) is 0 Å². The van der Waals surface area contributed by atoms with Gasteiger partial charge in [0.15, 0.2) is 11.6 Å². The zero-order chi connectivity index (χ0) is 18.7. The van der Waals surface area contributed by atoms with Gasteiger partial charge in [-0.25, -0.2) is 4.39 Å². The third kappa shape index (κ3) is 4.42. The average molecular weight is 393 g/mol. The van der Waals surface area contributed by atoms with Crippen LogP contribution in [-0.4, -0.2) is 41.1 Å². The molecule has 0 saturated carbocycles. The van der Waals surface area contributed by atoms with Gasteiger partial charge in [0, 0.05) is 23.5 Å². The molecule has 4 nitrogen and oxygen atoms in total. The minimum Gasteiger partial charge on any atom is -0.351 e. The molecule has 0 unspecified atom stereocenters. The highest BCUT2D eigenvalue weighted by molar-refractivity contribution is 6.42. The van der Waals surface area contributed by atoms with Crippen LogP contribution >= 0.6 is 23.2 Å². The Hall–Kier alpha value is -2.37. The summed E-state index contributed by atoms with van der Waals surface area (Å²) in [5.41, 5.74) is 0.797. The van der Waals surface area contributed by atoms with Crippen molar-refractivity contribution in [2.24, 2.45) is 0 Å². The van der Waals surface area contributed by atoms with Crippen LogP contribution in [0.25, 0.3) is 0 Å². The minimum absolute atomic E-state index is 0.105.